The smallest absolute Gasteiger partial charge is 0.252 e. The summed E-state index contributed by atoms with van der Waals surface area (Å²) < 4.78 is 0. The maximum Gasteiger partial charge on any atom is 0.252 e. The fraction of sp³-hybridized carbons (Fsp3) is 0.650. The quantitative estimate of drug-likeness (QED) is 0.448. The highest BCUT2D eigenvalue weighted by atomic mass is 35.5. The number of carbonyl (C=O) groups excluding carboxylic acids is 1. The molecule has 0 heterocycles. The molecular formula is C20H27ClO. The molecule has 0 N–H and O–H groups in total. The third-order valence-corrected chi connectivity index (χ3v) is 6.65. The number of halogens is 1. The van der Waals surface area contributed by atoms with Crippen molar-refractivity contribution >= 4 is 16.8 Å². The second kappa shape index (κ2) is 6.35. The Hall–Kier alpha value is -0.820. The van der Waals surface area contributed by atoms with Crippen molar-refractivity contribution in [2.45, 2.75) is 76.5 Å². The standard InChI is InChI=1S/C20H27ClO/c1-2-3-4-9-19-10-13-20(14-11-19,15-12-19)17-7-5-16(6-8-17)18(21)22/h5-8H,2-4,9-15H2,1H3. The van der Waals surface area contributed by atoms with Crippen LogP contribution in [-0.2, 0) is 5.41 Å². The van der Waals surface area contributed by atoms with Gasteiger partial charge in [0.05, 0.1) is 0 Å². The van der Waals surface area contributed by atoms with Crippen LogP contribution in [0.2, 0.25) is 0 Å². The van der Waals surface area contributed by atoms with E-state index in [-0.39, 0.29) is 5.24 Å². The Balaban J connectivity index is 1.69. The number of hydrogen-bond acceptors (Lipinski definition) is 1. The van der Waals surface area contributed by atoms with Crippen molar-refractivity contribution in [3.05, 3.63) is 35.4 Å². The first-order chi connectivity index (χ1) is 10.6. The van der Waals surface area contributed by atoms with Gasteiger partial charge in [0.1, 0.15) is 0 Å². The van der Waals surface area contributed by atoms with Crippen molar-refractivity contribution in [1.82, 2.24) is 0 Å². The molecule has 3 saturated carbocycles. The van der Waals surface area contributed by atoms with Crippen LogP contribution >= 0.6 is 11.6 Å². The highest BCUT2D eigenvalue weighted by Crippen LogP contribution is 2.59. The molecule has 2 bridgehead atoms. The Kier molecular flexibility index (Phi) is 4.64. The Morgan fingerprint density at radius 1 is 1.00 bits per heavy atom. The third-order valence-electron chi connectivity index (χ3n) is 6.44. The monoisotopic (exact) mass is 318 g/mol. The van der Waals surface area contributed by atoms with Crippen LogP contribution in [0.5, 0.6) is 0 Å². The van der Waals surface area contributed by atoms with E-state index < -0.39 is 0 Å². The molecule has 120 valence electrons. The predicted octanol–water partition coefficient (Wildman–Crippen LogP) is 6.24. The van der Waals surface area contributed by atoms with Crippen molar-refractivity contribution in [3.63, 3.8) is 0 Å². The second-order valence-electron chi connectivity index (χ2n) is 7.59. The van der Waals surface area contributed by atoms with Gasteiger partial charge < -0.3 is 0 Å². The van der Waals surface area contributed by atoms with Gasteiger partial charge in [-0.05, 0) is 85.1 Å². The van der Waals surface area contributed by atoms with Gasteiger partial charge in [0, 0.05) is 5.56 Å². The SMILES string of the molecule is CCCCCC12CCC(c3ccc(C(=O)Cl)cc3)(CC1)CC2. The molecule has 1 nitrogen and oxygen atoms in total. The van der Waals surface area contributed by atoms with Crippen LogP contribution in [0.4, 0.5) is 0 Å². The largest absolute Gasteiger partial charge is 0.276 e. The molecular weight excluding hydrogens is 292 g/mol. The highest BCUT2D eigenvalue weighted by Gasteiger charge is 2.48. The van der Waals surface area contributed by atoms with Crippen molar-refractivity contribution in [2.24, 2.45) is 5.41 Å². The molecule has 3 fully saturated rings. The van der Waals surface area contributed by atoms with E-state index in [4.69, 9.17) is 11.6 Å². The lowest BCUT2D eigenvalue weighted by molar-refractivity contribution is 0.0305. The summed E-state index contributed by atoms with van der Waals surface area (Å²) in [5.41, 5.74) is 3.07. The molecule has 0 aromatic heterocycles. The summed E-state index contributed by atoms with van der Waals surface area (Å²) in [6.45, 7) is 2.29. The van der Waals surface area contributed by atoms with Crippen LogP contribution in [0.25, 0.3) is 0 Å². The van der Waals surface area contributed by atoms with E-state index in [9.17, 15) is 4.79 Å². The Morgan fingerprint density at radius 3 is 2.09 bits per heavy atom. The van der Waals surface area contributed by atoms with Gasteiger partial charge >= 0.3 is 0 Å². The van der Waals surface area contributed by atoms with Crippen LogP contribution in [0, 0.1) is 5.41 Å². The lowest BCUT2D eigenvalue weighted by Crippen LogP contribution is -2.44. The van der Waals surface area contributed by atoms with E-state index in [1.165, 1.54) is 69.8 Å². The average molecular weight is 319 g/mol. The molecule has 0 aliphatic heterocycles. The van der Waals surface area contributed by atoms with Crippen LogP contribution in [0.3, 0.4) is 0 Å². The summed E-state index contributed by atoms with van der Waals surface area (Å²) >= 11 is 5.56. The van der Waals surface area contributed by atoms with Gasteiger partial charge in [0.15, 0.2) is 0 Å². The molecule has 3 aliphatic rings. The third kappa shape index (κ3) is 2.97. The Bertz CT molecular complexity index is 507. The van der Waals surface area contributed by atoms with Crippen LogP contribution in [0.1, 0.15) is 87.1 Å². The molecule has 0 spiro atoms. The Morgan fingerprint density at radius 2 is 1.59 bits per heavy atom. The highest BCUT2D eigenvalue weighted by molar-refractivity contribution is 6.67. The fourth-order valence-corrected chi connectivity index (χ4v) is 4.90. The molecule has 0 unspecified atom stereocenters. The number of hydrogen-bond donors (Lipinski definition) is 0. The maximum absolute atomic E-state index is 11.2. The lowest BCUT2D eigenvalue weighted by Gasteiger charge is -2.54. The summed E-state index contributed by atoms with van der Waals surface area (Å²) in [5.74, 6) is 0. The van der Waals surface area contributed by atoms with Gasteiger partial charge in [-0.2, -0.15) is 0 Å². The van der Waals surface area contributed by atoms with E-state index in [2.05, 4.69) is 19.1 Å². The van der Waals surface area contributed by atoms with E-state index in [0.29, 0.717) is 16.4 Å². The summed E-state index contributed by atoms with van der Waals surface area (Å²) in [6, 6.07) is 8.09. The first-order valence-electron chi connectivity index (χ1n) is 8.90. The number of unbranched alkanes of at least 4 members (excludes halogenated alkanes) is 2. The minimum atomic E-state index is -0.355. The number of fused-ring (bicyclic) bond motifs is 3. The van der Waals surface area contributed by atoms with E-state index in [1.54, 1.807) is 0 Å². The molecule has 0 radical (unpaired) electrons. The summed E-state index contributed by atoms with van der Waals surface area (Å²) in [5, 5.41) is -0.355. The maximum atomic E-state index is 11.2. The van der Waals surface area contributed by atoms with Crippen molar-refractivity contribution in [1.29, 1.82) is 0 Å². The molecule has 0 amide bonds. The number of benzene rings is 1. The summed E-state index contributed by atoms with van der Waals surface area (Å²) in [7, 11) is 0. The molecule has 4 rings (SSSR count). The van der Waals surface area contributed by atoms with E-state index >= 15 is 0 Å². The van der Waals surface area contributed by atoms with Crippen LogP contribution in [0.15, 0.2) is 24.3 Å². The van der Waals surface area contributed by atoms with Crippen LogP contribution in [-0.4, -0.2) is 5.24 Å². The fourth-order valence-electron chi connectivity index (χ4n) is 4.78. The average Bonchev–Trinajstić information content (AvgIpc) is 2.57. The lowest BCUT2D eigenvalue weighted by atomic mass is 9.51. The minimum absolute atomic E-state index is 0.355. The van der Waals surface area contributed by atoms with Crippen molar-refractivity contribution in [3.8, 4) is 0 Å². The van der Waals surface area contributed by atoms with Gasteiger partial charge in [-0.3, -0.25) is 4.79 Å². The van der Waals surface area contributed by atoms with Gasteiger partial charge in [-0.15, -0.1) is 0 Å². The van der Waals surface area contributed by atoms with Crippen molar-refractivity contribution in [2.75, 3.05) is 0 Å². The van der Waals surface area contributed by atoms with Crippen molar-refractivity contribution < 1.29 is 4.79 Å². The first-order valence-corrected chi connectivity index (χ1v) is 9.27. The molecule has 0 atom stereocenters. The van der Waals surface area contributed by atoms with Gasteiger partial charge in [-0.25, -0.2) is 0 Å². The Labute approximate surface area is 139 Å². The zero-order valence-corrected chi connectivity index (χ0v) is 14.4. The second-order valence-corrected chi connectivity index (χ2v) is 7.93. The topological polar surface area (TPSA) is 17.1 Å². The first kappa shape index (κ1) is 16.1. The molecule has 3 aliphatic carbocycles. The normalized spacial score (nSPS) is 30.5. The van der Waals surface area contributed by atoms with Crippen LogP contribution < -0.4 is 0 Å². The molecule has 1 aromatic rings. The van der Waals surface area contributed by atoms with Gasteiger partial charge in [-0.1, -0.05) is 38.3 Å². The van der Waals surface area contributed by atoms with Gasteiger partial charge in [0.25, 0.3) is 5.24 Å². The summed E-state index contributed by atoms with van der Waals surface area (Å²) in [6.07, 6.45) is 13.7. The zero-order valence-electron chi connectivity index (χ0n) is 13.7. The zero-order chi connectivity index (χ0) is 15.6. The molecule has 0 saturated heterocycles. The van der Waals surface area contributed by atoms with E-state index in [0.717, 1.165) is 0 Å². The molecule has 22 heavy (non-hydrogen) atoms. The minimum Gasteiger partial charge on any atom is -0.276 e. The van der Waals surface area contributed by atoms with Gasteiger partial charge in [0.2, 0.25) is 0 Å². The summed E-state index contributed by atoms with van der Waals surface area (Å²) in [4.78, 5) is 11.2. The predicted molar refractivity (Wildman–Crippen MR) is 92.6 cm³/mol. The number of rotatable bonds is 6. The number of carbonyl (C=O) groups is 1. The molecule has 1 aromatic carbocycles. The molecule has 2 heteroatoms. The van der Waals surface area contributed by atoms with E-state index in [1.807, 2.05) is 12.1 Å².